The number of nitrogens with zero attached hydrogens (tertiary/aromatic N) is 2. The number of amides is 1. The zero-order chi connectivity index (χ0) is 21.9. The molecule has 10 heteroatoms. The molecule has 0 aliphatic carbocycles. The maximum absolute atomic E-state index is 14.3. The highest BCUT2D eigenvalue weighted by atomic mass is 32.1. The second kappa shape index (κ2) is 8.56. The van der Waals surface area contributed by atoms with Crippen LogP contribution in [0.2, 0.25) is 0 Å². The topological polar surface area (TPSA) is 125 Å². The highest BCUT2D eigenvalue weighted by molar-refractivity contribution is 7.15. The fourth-order valence-corrected chi connectivity index (χ4v) is 3.12. The highest BCUT2D eigenvalue weighted by Gasteiger charge is 2.24. The van der Waals surface area contributed by atoms with Gasteiger partial charge in [0.1, 0.15) is 18.2 Å². The molecule has 2 aromatic heterocycles. The van der Waals surface area contributed by atoms with Gasteiger partial charge in [-0.3, -0.25) is 9.78 Å². The number of aliphatic hydroxyl groups is 1. The average molecular weight is 431 g/mol. The Kier molecular flexibility index (Phi) is 6.09. The van der Waals surface area contributed by atoms with Crippen LogP contribution in [0, 0.1) is 5.82 Å². The number of ether oxygens (including phenoxy) is 2. The van der Waals surface area contributed by atoms with Gasteiger partial charge in [0.25, 0.3) is 5.91 Å². The Balaban J connectivity index is 1.79. The van der Waals surface area contributed by atoms with Crippen LogP contribution in [0.3, 0.4) is 0 Å². The van der Waals surface area contributed by atoms with Crippen molar-refractivity contribution in [2.24, 2.45) is 5.73 Å². The average Bonchev–Trinajstić information content (AvgIpc) is 3.11. The van der Waals surface area contributed by atoms with Crippen molar-refractivity contribution in [3.8, 4) is 11.6 Å². The van der Waals surface area contributed by atoms with Gasteiger partial charge < -0.3 is 20.3 Å². The molecule has 3 rings (SSSR count). The van der Waals surface area contributed by atoms with E-state index in [0.717, 1.165) is 0 Å². The van der Waals surface area contributed by atoms with Crippen LogP contribution >= 0.6 is 11.3 Å². The molecule has 1 aromatic carbocycles. The lowest BCUT2D eigenvalue weighted by molar-refractivity contribution is 0.0470. The van der Waals surface area contributed by atoms with E-state index in [4.69, 9.17) is 15.2 Å². The summed E-state index contributed by atoms with van der Waals surface area (Å²) in [6, 6.07) is 7.35. The normalized spacial score (nSPS) is 11.2. The third-order valence-corrected chi connectivity index (χ3v) is 4.99. The first kappa shape index (κ1) is 21.3. The summed E-state index contributed by atoms with van der Waals surface area (Å²) in [5, 5.41) is 9.82. The number of carbonyl (C=O) groups is 2. The molecule has 0 unspecified atom stereocenters. The minimum Gasteiger partial charge on any atom is -0.456 e. The number of benzene rings is 1. The van der Waals surface area contributed by atoms with Gasteiger partial charge in [-0.05, 0) is 37.6 Å². The summed E-state index contributed by atoms with van der Waals surface area (Å²) in [6.45, 7) is 2.70. The number of thiazole rings is 1. The largest absolute Gasteiger partial charge is 0.456 e. The molecule has 0 spiro atoms. The van der Waals surface area contributed by atoms with Gasteiger partial charge in [-0.1, -0.05) is 23.5 Å². The number of esters is 1. The van der Waals surface area contributed by atoms with E-state index < -0.39 is 23.3 Å². The van der Waals surface area contributed by atoms with Crippen molar-refractivity contribution in [1.29, 1.82) is 0 Å². The molecule has 0 atom stereocenters. The van der Waals surface area contributed by atoms with Crippen LogP contribution in [0.5, 0.6) is 11.6 Å². The summed E-state index contributed by atoms with van der Waals surface area (Å²) in [5.41, 5.74) is 4.54. The lowest BCUT2D eigenvalue weighted by Gasteiger charge is -2.18. The fraction of sp³-hybridized carbons (Fsp3) is 0.200. The van der Waals surface area contributed by atoms with Crippen molar-refractivity contribution in [2.45, 2.75) is 26.1 Å². The standard InChI is InChI=1S/C20H18FN3O5S/c1-20(2,27)12-6-5-11(14(21)8-12)10-28-19(26)15-17(24-18(30-15)16(22)25)29-13-4-3-7-23-9-13/h3-9,27H,10H2,1-2H3,(H2,22,25). The molecule has 3 N–H and O–H groups in total. The summed E-state index contributed by atoms with van der Waals surface area (Å²) in [7, 11) is 0. The van der Waals surface area contributed by atoms with Crippen LogP contribution in [0.1, 0.15) is 44.4 Å². The van der Waals surface area contributed by atoms with Gasteiger partial charge in [0.05, 0.1) is 11.8 Å². The van der Waals surface area contributed by atoms with E-state index in [1.165, 1.54) is 38.4 Å². The van der Waals surface area contributed by atoms with Crippen LogP contribution in [0.15, 0.2) is 42.7 Å². The Hall–Kier alpha value is -3.37. The van der Waals surface area contributed by atoms with Crippen LogP contribution in [-0.4, -0.2) is 27.0 Å². The first-order chi connectivity index (χ1) is 14.1. The summed E-state index contributed by atoms with van der Waals surface area (Å²) >= 11 is 0.708. The number of nitrogens with two attached hydrogens (primary N) is 1. The van der Waals surface area contributed by atoms with Crippen molar-refractivity contribution in [1.82, 2.24) is 9.97 Å². The van der Waals surface area contributed by atoms with Crippen molar-refractivity contribution >= 4 is 23.2 Å². The van der Waals surface area contributed by atoms with E-state index in [1.54, 1.807) is 18.2 Å². The summed E-state index contributed by atoms with van der Waals surface area (Å²) in [4.78, 5) is 31.7. The molecule has 156 valence electrons. The zero-order valence-electron chi connectivity index (χ0n) is 16.1. The van der Waals surface area contributed by atoms with Crippen LogP contribution in [0.25, 0.3) is 0 Å². The number of carbonyl (C=O) groups excluding carboxylic acids is 2. The van der Waals surface area contributed by atoms with E-state index in [2.05, 4.69) is 9.97 Å². The molecule has 0 aliphatic heterocycles. The van der Waals surface area contributed by atoms with E-state index in [-0.39, 0.29) is 27.9 Å². The number of pyridine rings is 1. The Morgan fingerprint density at radius 1 is 1.30 bits per heavy atom. The van der Waals surface area contributed by atoms with Gasteiger partial charge >= 0.3 is 5.97 Å². The van der Waals surface area contributed by atoms with Crippen LogP contribution < -0.4 is 10.5 Å². The predicted molar refractivity (Wildman–Crippen MR) is 106 cm³/mol. The number of primary amides is 1. The molecule has 0 radical (unpaired) electrons. The number of rotatable bonds is 7. The summed E-state index contributed by atoms with van der Waals surface area (Å²) < 4.78 is 25.0. The van der Waals surface area contributed by atoms with E-state index in [1.807, 2.05) is 0 Å². The molecule has 3 aromatic rings. The number of aromatic nitrogens is 2. The minimum atomic E-state index is -1.21. The van der Waals surface area contributed by atoms with E-state index in [0.29, 0.717) is 22.6 Å². The highest BCUT2D eigenvalue weighted by Crippen LogP contribution is 2.30. The maximum atomic E-state index is 14.3. The van der Waals surface area contributed by atoms with Crippen LogP contribution in [0.4, 0.5) is 4.39 Å². The second-order valence-electron chi connectivity index (χ2n) is 6.75. The molecular weight excluding hydrogens is 413 g/mol. The Bertz CT molecular complexity index is 1080. The molecule has 1 amide bonds. The van der Waals surface area contributed by atoms with Gasteiger partial charge in [-0.15, -0.1) is 0 Å². The monoisotopic (exact) mass is 431 g/mol. The summed E-state index contributed by atoms with van der Waals surface area (Å²) in [5.74, 6) is -2.18. The van der Waals surface area contributed by atoms with Gasteiger partial charge in [-0.25, -0.2) is 9.18 Å². The Morgan fingerprint density at radius 3 is 2.67 bits per heavy atom. The fourth-order valence-electron chi connectivity index (χ4n) is 2.38. The predicted octanol–water partition coefficient (Wildman–Crippen LogP) is 3.15. The number of halogens is 1. The first-order valence-corrected chi connectivity index (χ1v) is 9.53. The molecule has 0 fully saturated rings. The van der Waals surface area contributed by atoms with E-state index in [9.17, 15) is 19.1 Å². The minimum absolute atomic E-state index is 0.0961. The molecule has 8 nitrogen and oxygen atoms in total. The second-order valence-corrected chi connectivity index (χ2v) is 7.75. The molecule has 0 bridgehead atoms. The number of hydrogen-bond donors (Lipinski definition) is 2. The molecule has 0 saturated heterocycles. The Morgan fingerprint density at radius 2 is 2.07 bits per heavy atom. The lowest BCUT2D eigenvalue weighted by atomic mass is 9.97. The zero-order valence-corrected chi connectivity index (χ0v) is 16.9. The van der Waals surface area contributed by atoms with E-state index >= 15 is 0 Å². The molecular formula is C20H18FN3O5S. The van der Waals surface area contributed by atoms with Gasteiger partial charge in [0.15, 0.2) is 9.88 Å². The quantitative estimate of drug-likeness (QED) is 0.551. The van der Waals surface area contributed by atoms with Gasteiger partial charge in [0, 0.05) is 11.8 Å². The van der Waals surface area contributed by atoms with Crippen LogP contribution in [-0.2, 0) is 16.9 Å². The molecule has 30 heavy (non-hydrogen) atoms. The van der Waals surface area contributed by atoms with Crippen molar-refractivity contribution in [2.75, 3.05) is 0 Å². The third-order valence-electron chi connectivity index (χ3n) is 3.96. The smallest absolute Gasteiger partial charge is 0.354 e. The molecule has 0 saturated carbocycles. The number of hydrogen-bond acceptors (Lipinski definition) is 8. The van der Waals surface area contributed by atoms with Crippen molar-refractivity contribution in [3.63, 3.8) is 0 Å². The molecule has 2 heterocycles. The third kappa shape index (κ3) is 4.97. The van der Waals surface area contributed by atoms with Crippen molar-refractivity contribution < 1.29 is 28.6 Å². The van der Waals surface area contributed by atoms with Gasteiger partial charge in [0.2, 0.25) is 5.88 Å². The molecule has 0 aliphatic rings. The maximum Gasteiger partial charge on any atom is 0.354 e. The van der Waals surface area contributed by atoms with Crippen molar-refractivity contribution in [3.05, 3.63) is 69.6 Å². The summed E-state index contributed by atoms with van der Waals surface area (Å²) in [6.07, 6.45) is 2.94. The first-order valence-electron chi connectivity index (χ1n) is 8.72. The van der Waals surface area contributed by atoms with Gasteiger partial charge in [-0.2, -0.15) is 4.98 Å². The SMILES string of the molecule is CC(C)(O)c1ccc(COC(=O)c2sc(C(N)=O)nc2Oc2cccnc2)c(F)c1. The Labute approximate surface area is 175 Å². The lowest BCUT2D eigenvalue weighted by Crippen LogP contribution is -2.16.